The van der Waals surface area contributed by atoms with Crippen LogP contribution in [-0.4, -0.2) is 0 Å². The summed E-state index contributed by atoms with van der Waals surface area (Å²) in [5, 5.41) is 1.90. The minimum Gasteiger partial charge on any atom is -0.206 e. The second-order valence-corrected chi connectivity index (χ2v) is 3.94. The lowest BCUT2D eigenvalue weighted by molar-refractivity contribution is 0.626. The molecule has 0 fully saturated rings. The van der Waals surface area contributed by atoms with E-state index in [0.29, 0.717) is 5.56 Å². The lowest BCUT2D eigenvalue weighted by Crippen LogP contribution is -1.92. The fourth-order valence-electron chi connectivity index (χ4n) is 2.11. The van der Waals surface area contributed by atoms with Gasteiger partial charge in [0.1, 0.15) is 5.82 Å². The predicted molar refractivity (Wildman–Crippen MR) is 66.0 cm³/mol. The van der Waals surface area contributed by atoms with Crippen LogP contribution in [0, 0.1) is 25.1 Å². The highest BCUT2D eigenvalue weighted by Crippen LogP contribution is 2.26. The Morgan fingerprint density at radius 3 is 2.69 bits per heavy atom. The number of rotatable bonds is 1. The van der Waals surface area contributed by atoms with E-state index in [-0.39, 0.29) is 5.82 Å². The predicted octanol–water partition coefficient (Wildman–Crippen LogP) is 3.83. The van der Waals surface area contributed by atoms with Crippen molar-refractivity contribution in [1.29, 1.82) is 0 Å². The minimum atomic E-state index is -0.312. The highest BCUT2D eigenvalue weighted by molar-refractivity contribution is 5.91. The van der Waals surface area contributed by atoms with E-state index in [0.717, 1.165) is 22.8 Å². The zero-order chi connectivity index (χ0) is 11.7. The summed E-state index contributed by atoms with van der Waals surface area (Å²) in [6.45, 7) is 4.09. The first-order valence-corrected chi connectivity index (χ1v) is 5.35. The van der Waals surface area contributed by atoms with E-state index in [4.69, 9.17) is 6.42 Å². The van der Waals surface area contributed by atoms with Crippen LogP contribution < -0.4 is 0 Å². The first-order valence-electron chi connectivity index (χ1n) is 5.35. The second kappa shape index (κ2) is 3.98. The summed E-state index contributed by atoms with van der Waals surface area (Å²) in [5.74, 6) is 2.15. The fourth-order valence-corrected chi connectivity index (χ4v) is 2.11. The number of terminal acetylenes is 1. The van der Waals surface area contributed by atoms with Gasteiger partial charge in [-0.3, -0.25) is 0 Å². The fraction of sp³-hybridized carbons (Fsp3) is 0.200. The molecule has 1 heteroatoms. The number of hydrogen-bond donors (Lipinski definition) is 0. The average molecular weight is 212 g/mol. The van der Waals surface area contributed by atoms with E-state index in [2.05, 4.69) is 18.9 Å². The Morgan fingerprint density at radius 2 is 2.06 bits per heavy atom. The number of benzene rings is 2. The van der Waals surface area contributed by atoms with Gasteiger partial charge in [0.05, 0.1) is 5.56 Å². The third kappa shape index (κ3) is 1.57. The van der Waals surface area contributed by atoms with Crippen molar-refractivity contribution in [3.8, 4) is 12.3 Å². The van der Waals surface area contributed by atoms with Gasteiger partial charge in [0, 0.05) is 5.39 Å². The number of halogens is 1. The van der Waals surface area contributed by atoms with Crippen LogP contribution >= 0.6 is 0 Å². The molecule has 2 aromatic carbocycles. The summed E-state index contributed by atoms with van der Waals surface area (Å²) in [4.78, 5) is 0. The summed E-state index contributed by atoms with van der Waals surface area (Å²) >= 11 is 0. The van der Waals surface area contributed by atoms with Crippen LogP contribution in [0.5, 0.6) is 0 Å². The van der Waals surface area contributed by atoms with Gasteiger partial charge in [-0.05, 0) is 30.4 Å². The van der Waals surface area contributed by atoms with Crippen LogP contribution in [0.1, 0.15) is 23.6 Å². The molecule has 2 aromatic rings. The number of hydrogen-bond acceptors (Lipinski definition) is 0. The van der Waals surface area contributed by atoms with E-state index in [1.807, 2.05) is 13.0 Å². The summed E-state index contributed by atoms with van der Waals surface area (Å²) in [5.41, 5.74) is 2.68. The van der Waals surface area contributed by atoms with Crippen molar-refractivity contribution in [3.05, 3.63) is 46.8 Å². The molecule has 0 N–H and O–H groups in total. The van der Waals surface area contributed by atoms with E-state index < -0.39 is 0 Å². The van der Waals surface area contributed by atoms with Crippen molar-refractivity contribution in [2.45, 2.75) is 20.3 Å². The summed E-state index contributed by atoms with van der Waals surface area (Å²) < 4.78 is 13.6. The Labute approximate surface area is 95.1 Å². The topological polar surface area (TPSA) is 0 Å². The molecule has 0 spiro atoms. The third-order valence-electron chi connectivity index (χ3n) is 2.82. The van der Waals surface area contributed by atoms with E-state index in [1.54, 1.807) is 6.07 Å². The first-order chi connectivity index (χ1) is 7.67. The molecule has 0 aliphatic heterocycles. The summed E-state index contributed by atoms with van der Waals surface area (Å²) in [6.07, 6.45) is 6.25. The van der Waals surface area contributed by atoms with E-state index in [9.17, 15) is 4.39 Å². The monoisotopic (exact) mass is 212 g/mol. The Bertz CT molecular complexity index is 588. The highest BCUT2D eigenvalue weighted by Gasteiger charge is 2.09. The van der Waals surface area contributed by atoms with Crippen LogP contribution in [0.15, 0.2) is 24.3 Å². The number of fused-ring (bicyclic) bond motifs is 1. The van der Waals surface area contributed by atoms with Crippen LogP contribution in [0.4, 0.5) is 4.39 Å². The maximum Gasteiger partial charge on any atom is 0.139 e. The smallest absolute Gasteiger partial charge is 0.139 e. The van der Waals surface area contributed by atoms with Gasteiger partial charge < -0.3 is 0 Å². The van der Waals surface area contributed by atoms with Crippen LogP contribution in [-0.2, 0) is 6.42 Å². The Balaban J connectivity index is 2.97. The van der Waals surface area contributed by atoms with E-state index in [1.165, 1.54) is 11.6 Å². The second-order valence-electron chi connectivity index (χ2n) is 3.94. The largest absolute Gasteiger partial charge is 0.206 e. The molecule has 0 aromatic heterocycles. The van der Waals surface area contributed by atoms with Crippen LogP contribution in [0.3, 0.4) is 0 Å². The molecule has 0 aliphatic rings. The van der Waals surface area contributed by atoms with Gasteiger partial charge in [0.15, 0.2) is 0 Å². The zero-order valence-corrected chi connectivity index (χ0v) is 9.47. The van der Waals surface area contributed by atoms with Crippen molar-refractivity contribution in [1.82, 2.24) is 0 Å². The maximum absolute atomic E-state index is 13.6. The van der Waals surface area contributed by atoms with Crippen molar-refractivity contribution in [3.63, 3.8) is 0 Å². The molecule has 0 unspecified atom stereocenters. The average Bonchev–Trinajstić information content (AvgIpc) is 2.28. The molecular weight excluding hydrogens is 199 g/mol. The zero-order valence-electron chi connectivity index (χ0n) is 9.47. The molecular formula is C15H13F. The maximum atomic E-state index is 13.6. The van der Waals surface area contributed by atoms with Crippen molar-refractivity contribution < 1.29 is 4.39 Å². The van der Waals surface area contributed by atoms with E-state index >= 15 is 0 Å². The molecule has 80 valence electrons. The Hall–Kier alpha value is -1.81. The lowest BCUT2D eigenvalue weighted by atomic mass is 9.95. The molecule has 0 bridgehead atoms. The van der Waals surface area contributed by atoms with Gasteiger partial charge in [0.25, 0.3) is 0 Å². The molecule has 0 heterocycles. The molecule has 0 nitrogen and oxygen atoms in total. The Morgan fingerprint density at radius 1 is 1.31 bits per heavy atom. The highest BCUT2D eigenvalue weighted by atomic mass is 19.1. The molecule has 0 aliphatic carbocycles. The standard InChI is InChI=1S/C15H13F/c1-4-11-8-10(3)9-12-6-7-14(16)13(5-2)15(11)12/h2,6-9H,4H2,1,3H3. The van der Waals surface area contributed by atoms with Crippen LogP contribution in [0.25, 0.3) is 10.8 Å². The quantitative estimate of drug-likeness (QED) is 0.630. The summed E-state index contributed by atoms with van der Waals surface area (Å²) in [7, 11) is 0. The Kier molecular flexibility index (Phi) is 2.66. The third-order valence-corrected chi connectivity index (χ3v) is 2.82. The normalized spacial score (nSPS) is 10.4. The van der Waals surface area contributed by atoms with Crippen molar-refractivity contribution in [2.24, 2.45) is 0 Å². The molecule has 16 heavy (non-hydrogen) atoms. The minimum absolute atomic E-state index is 0.312. The molecule has 0 radical (unpaired) electrons. The molecule has 0 atom stereocenters. The van der Waals surface area contributed by atoms with Gasteiger partial charge in [-0.15, -0.1) is 6.42 Å². The molecule has 2 rings (SSSR count). The molecule has 0 amide bonds. The summed E-state index contributed by atoms with van der Waals surface area (Å²) in [6, 6.07) is 7.34. The number of aryl methyl sites for hydroxylation is 2. The van der Waals surface area contributed by atoms with Gasteiger partial charge in [-0.25, -0.2) is 4.39 Å². The van der Waals surface area contributed by atoms with Crippen molar-refractivity contribution >= 4 is 10.8 Å². The van der Waals surface area contributed by atoms with Crippen LogP contribution in [0.2, 0.25) is 0 Å². The van der Waals surface area contributed by atoms with Gasteiger partial charge in [-0.2, -0.15) is 0 Å². The SMILES string of the molecule is C#Cc1c(F)ccc2cc(C)cc(CC)c12. The van der Waals surface area contributed by atoms with Gasteiger partial charge in [-0.1, -0.05) is 36.6 Å². The van der Waals surface area contributed by atoms with Gasteiger partial charge >= 0.3 is 0 Å². The van der Waals surface area contributed by atoms with Crippen molar-refractivity contribution in [2.75, 3.05) is 0 Å². The lowest BCUT2D eigenvalue weighted by Gasteiger charge is -2.09. The van der Waals surface area contributed by atoms with Gasteiger partial charge in [0.2, 0.25) is 0 Å². The molecule has 0 saturated heterocycles. The first kappa shape index (κ1) is 10.7. The molecule has 0 saturated carbocycles.